The number of ether oxygens (including phenoxy) is 3. The van der Waals surface area contributed by atoms with Gasteiger partial charge in [-0.05, 0) is 32.3 Å². The molecule has 1 aliphatic heterocycles. The lowest BCUT2D eigenvalue weighted by Gasteiger charge is -2.43. The summed E-state index contributed by atoms with van der Waals surface area (Å²) in [5.74, 6) is -11.1. The van der Waals surface area contributed by atoms with Crippen LogP contribution in [-0.2, 0) is 54.3 Å². The number of ketones is 3. The van der Waals surface area contributed by atoms with Gasteiger partial charge in [-0.1, -0.05) is 31.9 Å². The number of aliphatic hydroxyl groups excluding tert-OH is 4. The van der Waals surface area contributed by atoms with E-state index in [0.29, 0.717) is 12.8 Å². The molecule has 0 radical (unpaired) electrons. The van der Waals surface area contributed by atoms with Crippen LogP contribution in [0, 0.1) is 0 Å². The molecule has 10 atom stereocenters. The zero-order chi connectivity index (χ0) is 60.0. The molecule has 2 aliphatic carbocycles. The van der Waals surface area contributed by atoms with Crippen LogP contribution in [0.2, 0.25) is 0 Å². The number of hydrogen-bond acceptors (Lipinski definition) is 21. The number of phenols is 2. The zero-order valence-electron chi connectivity index (χ0n) is 44.9. The summed E-state index contributed by atoms with van der Waals surface area (Å²) in [7, 11) is 1.26. The van der Waals surface area contributed by atoms with E-state index in [4.69, 9.17) is 25.7 Å². The van der Waals surface area contributed by atoms with E-state index in [2.05, 4.69) is 42.2 Å². The van der Waals surface area contributed by atoms with E-state index in [1.54, 1.807) is 6.92 Å². The molecule has 18 N–H and O–H groups in total. The number of hydrogen-bond donors (Lipinski definition) is 16. The van der Waals surface area contributed by atoms with Crippen molar-refractivity contribution in [2.24, 2.45) is 16.5 Å². The number of guanidine groups is 1. The third-order valence-electron chi connectivity index (χ3n) is 13.7. The van der Waals surface area contributed by atoms with Gasteiger partial charge >= 0.3 is 0 Å². The van der Waals surface area contributed by atoms with Gasteiger partial charge in [-0.3, -0.25) is 52.9 Å². The summed E-state index contributed by atoms with van der Waals surface area (Å²) < 4.78 is 17.6. The lowest BCUT2D eigenvalue weighted by Crippen LogP contribution is -2.61. The molecular formula is C51H70N10O20. The number of nitrogens with two attached hydrogens (primary N) is 2. The molecule has 1 saturated heterocycles. The molecule has 7 amide bonds. The maximum absolute atomic E-state index is 14.2. The van der Waals surface area contributed by atoms with E-state index >= 15 is 0 Å². The van der Waals surface area contributed by atoms with Crippen LogP contribution in [0.4, 0.5) is 0 Å². The Kier molecular flexibility index (Phi) is 22.5. The highest BCUT2D eigenvalue weighted by Gasteiger charge is 2.51. The Morgan fingerprint density at radius 2 is 1.40 bits per heavy atom. The van der Waals surface area contributed by atoms with Gasteiger partial charge in [0.15, 0.2) is 23.8 Å². The third kappa shape index (κ3) is 15.5. The molecule has 30 nitrogen and oxygen atoms in total. The van der Waals surface area contributed by atoms with Crippen LogP contribution in [0.25, 0.3) is 0 Å². The van der Waals surface area contributed by atoms with Gasteiger partial charge in [-0.15, -0.1) is 0 Å². The van der Waals surface area contributed by atoms with Crippen LogP contribution in [0.15, 0.2) is 23.2 Å². The minimum atomic E-state index is -2.48. The van der Waals surface area contributed by atoms with Gasteiger partial charge in [0.1, 0.15) is 59.7 Å². The zero-order valence-corrected chi connectivity index (χ0v) is 44.9. The topological polar surface area (TPSA) is 489 Å². The molecule has 0 spiro atoms. The van der Waals surface area contributed by atoms with E-state index in [-0.39, 0.29) is 59.8 Å². The number of amides is 7. The predicted octanol–water partition coefficient (Wildman–Crippen LogP) is -5.42. The molecule has 30 heteroatoms. The highest BCUT2D eigenvalue weighted by atomic mass is 16.7. The van der Waals surface area contributed by atoms with Gasteiger partial charge in [-0.2, -0.15) is 0 Å². The minimum Gasteiger partial charge on any atom is -0.507 e. The fraction of sp³-hybridized carbons (Fsp3) is 0.549. The second-order valence-electron chi connectivity index (χ2n) is 19.6. The second-order valence-corrected chi connectivity index (χ2v) is 19.6. The van der Waals surface area contributed by atoms with Crippen LogP contribution < -0.4 is 53.4 Å². The van der Waals surface area contributed by atoms with Crippen LogP contribution in [0.5, 0.6) is 17.2 Å². The average molecular weight is 1140 g/mol. The standard InChI is InChI=1S/C51H70N10O20/c1-5-6-10-27(59-49(77)30(20-63)61-47(75)26(11-8-13-54-50(52)53)57-35(68)18-56-46(74)29(19-62)58-34(67)17-55-23(3)65)48(76)60-28-14-36(80-22(2)41(28)69)81-32-16-51(78,33(66)21-64)15-25-38(32)45(73)40-39(43(25)71)42(70)24-9-7-12-31(79-4)37(24)44(40)72/h7,9,12,22,26-30,32,36,41,62-64,69,71,73,78H,5-6,8,10-11,13-21H2,1-4H3,(H,55,65)(H,56,74)(H,57,68)(H,58,67)(H,59,77)(H,60,76)(H,61,75)(H4,52,53,54)/t22-,26-,27-,28-,29-,30-,32-,36-,41+,51-/m0/s1. The number of methoxy groups -OCH3 is 1. The van der Waals surface area contributed by atoms with E-state index in [0.717, 1.165) is 6.92 Å². The number of rotatable bonds is 27. The van der Waals surface area contributed by atoms with E-state index in [9.17, 15) is 83.7 Å². The van der Waals surface area contributed by atoms with Gasteiger partial charge in [0.2, 0.25) is 47.1 Å². The molecule has 444 valence electrons. The largest absolute Gasteiger partial charge is 0.507 e. The Bertz CT molecular complexity index is 2770. The van der Waals surface area contributed by atoms with Gasteiger partial charge < -0.3 is 98.6 Å². The number of benzene rings is 2. The third-order valence-corrected chi connectivity index (χ3v) is 13.7. The summed E-state index contributed by atoms with van der Waals surface area (Å²) in [5, 5.41) is 93.1. The number of phenolic OH excluding ortho intramolecular Hbond substituents is 2. The van der Waals surface area contributed by atoms with E-state index in [1.165, 1.54) is 32.2 Å². The highest BCUT2D eigenvalue weighted by molar-refractivity contribution is 6.31. The number of nitrogens with one attached hydrogen (secondary N) is 7. The Balaban J connectivity index is 1.32. The van der Waals surface area contributed by atoms with Gasteiger partial charge in [0.05, 0.1) is 68.4 Å². The maximum atomic E-state index is 14.2. The van der Waals surface area contributed by atoms with Crippen molar-refractivity contribution in [3.05, 3.63) is 51.6 Å². The maximum Gasteiger partial charge on any atom is 0.245 e. The first kappa shape index (κ1) is 64.0. The van der Waals surface area contributed by atoms with Crippen molar-refractivity contribution in [3.63, 3.8) is 0 Å². The van der Waals surface area contributed by atoms with Crippen LogP contribution in [0.3, 0.4) is 0 Å². The number of fused-ring (bicyclic) bond motifs is 3. The lowest BCUT2D eigenvalue weighted by atomic mass is 9.72. The van der Waals surface area contributed by atoms with Crippen molar-refractivity contribution >= 4 is 64.7 Å². The molecule has 2 aromatic rings. The highest BCUT2D eigenvalue weighted by Crippen LogP contribution is 2.52. The molecule has 0 unspecified atom stereocenters. The van der Waals surface area contributed by atoms with Crippen molar-refractivity contribution in [2.75, 3.05) is 46.6 Å². The van der Waals surface area contributed by atoms with Crippen molar-refractivity contribution in [1.29, 1.82) is 0 Å². The van der Waals surface area contributed by atoms with E-state index in [1.807, 2.05) is 0 Å². The monoisotopic (exact) mass is 1140 g/mol. The smallest absolute Gasteiger partial charge is 0.245 e. The van der Waals surface area contributed by atoms with Crippen molar-refractivity contribution in [2.45, 2.75) is 133 Å². The summed E-state index contributed by atoms with van der Waals surface area (Å²) in [5.41, 5.74) is 6.07. The average Bonchev–Trinajstić information content (AvgIpc) is 3.51. The van der Waals surface area contributed by atoms with Crippen LogP contribution in [-0.4, -0.2) is 201 Å². The van der Waals surface area contributed by atoms with Crippen LogP contribution >= 0.6 is 0 Å². The SMILES string of the molecule is CCCC[C@H](NC(=O)[C@H](CO)NC(=O)[C@H](CCCN=C(N)N)NC(=O)CNC(=O)[C@H](CO)NC(=O)CNC(C)=O)C(=O)N[C@H]1C[C@H](O[C@H]2C[C@](O)(C(=O)CO)Cc3c(O)c4c(c(O)c32)C(=O)c2c(OC)cccc2C4=O)O[C@@H](C)[C@H]1O. The Morgan fingerprint density at radius 3 is 2.01 bits per heavy atom. The number of aromatic hydroxyl groups is 2. The number of nitrogens with zero attached hydrogens (tertiary/aromatic N) is 1. The Hall–Kier alpha value is -7.87. The molecule has 2 aromatic carbocycles. The molecule has 81 heavy (non-hydrogen) atoms. The number of Topliss-reactive ketones (excluding diaryl/α,β-unsaturated/α-hetero) is 1. The summed E-state index contributed by atoms with van der Waals surface area (Å²) in [6.45, 7) is -0.0287. The van der Waals surface area contributed by atoms with Gasteiger partial charge in [0, 0.05) is 49.4 Å². The quantitative estimate of drug-likeness (QED) is 0.0147. The fourth-order valence-electron chi connectivity index (χ4n) is 9.51. The first-order chi connectivity index (χ1) is 38.3. The number of unbranched alkanes of at least 4 members (excludes halogenated alkanes) is 1. The molecular weight excluding hydrogens is 1070 g/mol. The molecule has 1 heterocycles. The van der Waals surface area contributed by atoms with Gasteiger partial charge in [0.25, 0.3) is 0 Å². The molecule has 3 aliphatic rings. The van der Waals surface area contributed by atoms with Gasteiger partial charge in [-0.25, -0.2) is 0 Å². The number of carbonyl (C=O) groups excluding carboxylic acids is 10. The van der Waals surface area contributed by atoms with Crippen molar-refractivity contribution in [3.8, 4) is 17.2 Å². The minimum absolute atomic E-state index is 0.0113. The molecule has 5 rings (SSSR count). The number of aliphatic hydroxyl groups is 5. The molecule has 0 bridgehead atoms. The summed E-state index contributed by atoms with van der Waals surface area (Å²) in [6, 6.07) is -3.20. The van der Waals surface area contributed by atoms with Crippen LogP contribution in [0.1, 0.15) is 115 Å². The Morgan fingerprint density at radius 1 is 0.802 bits per heavy atom. The predicted molar refractivity (Wildman–Crippen MR) is 279 cm³/mol. The summed E-state index contributed by atoms with van der Waals surface area (Å²) in [6.07, 6.45) is -6.78. The first-order valence-corrected chi connectivity index (χ1v) is 25.9. The molecule has 1 fully saturated rings. The molecule has 0 aromatic heterocycles. The van der Waals surface area contributed by atoms with Crippen molar-refractivity contribution in [1.82, 2.24) is 37.2 Å². The molecule has 0 saturated carbocycles. The Labute approximate surface area is 463 Å². The lowest BCUT2D eigenvalue weighted by molar-refractivity contribution is -0.249. The number of carbonyl (C=O) groups is 10. The summed E-state index contributed by atoms with van der Waals surface area (Å²) in [4.78, 5) is 136. The normalized spacial score (nSPS) is 21.4. The fourth-order valence-corrected chi connectivity index (χ4v) is 9.51. The summed E-state index contributed by atoms with van der Waals surface area (Å²) >= 11 is 0. The van der Waals surface area contributed by atoms with Crippen molar-refractivity contribution < 1.29 is 97.9 Å². The second kappa shape index (κ2) is 28.5. The first-order valence-electron chi connectivity index (χ1n) is 25.9. The number of aliphatic imine (C=N–C) groups is 1. The van der Waals surface area contributed by atoms with E-state index < -0.39 is 194 Å².